The molecule has 0 aliphatic heterocycles. The van der Waals surface area contributed by atoms with E-state index >= 15 is 0 Å². The molecule has 0 atom stereocenters. The SMILES string of the molecule is COCc1nc(CCNC(=O)c2ccc(C(F)(F)F)cc2)cs1. The van der Waals surface area contributed by atoms with Gasteiger partial charge in [0.25, 0.3) is 5.91 Å². The van der Waals surface area contributed by atoms with Crippen molar-refractivity contribution >= 4 is 17.2 Å². The summed E-state index contributed by atoms with van der Waals surface area (Å²) in [5.74, 6) is -0.411. The number of hydrogen-bond acceptors (Lipinski definition) is 4. The van der Waals surface area contributed by atoms with Gasteiger partial charge in [-0.05, 0) is 24.3 Å². The minimum Gasteiger partial charge on any atom is -0.378 e. The van der Waals surface area contributed by atoms with Gasteiger partial charge in [-0.3, -0.25) is 4.79 Å². The summed E-state index contributed by atoms with van der Waals surface area (Å²) in [5.41, 5.74) is 0.258. The molecule has 1 N–H and O–H groups in total. The number of aromatic nitrogens is 1. The second-order valence-corrected chi connectivity index (χ2v) is 5.69. The third-order valence-corrected chi connectivity index (χ3v) is 3.88. The largest absolute Gasteiger partial charge is 0.416 e. The Morgan fingerprint density at radius 2 is 2.00 bits per heavy atom. The summed E-state index contributed by atoms with van der Waals surface area (Å²) < 4.78 is 42.3. The van der Waals surface area contributed by atoms with Crippen LogP contribution in [0.1, 0.15) is 26.6 Å². The molecule has 0 unspecified atom stereocenters. The van der Waals surface area contributed by atoms with Gasteiger partial charge in [-0.25, -0.2) is 4.98 Å². The number of methoxy groups -OCH3 is 1. The molecule has 23 heavy (non-hydrogen) atoms. The van der Waals surface area contributed by atoms with Crippen molar-refractivity contribution in [1.29, 1.82) is 0 Å². The second-order valence-electron chi connectivity index (χ2n) is 4.75. The Labute approximate surface area is 135 Å². The number of thiazole rings is 1. The highest BCUT2D eigenvalue weighted by atomic mass is 32.1. The molecule has 8 heteroatoms. The number of rotatable bonds is 6. The predicted molar refractivity (Wildman–Crippen MR) is 80.3 cm³/mol. The van der Waals surface area contributed by atoms with Crippen molar-refractivity contribution in [2.75, 3.05) is 13.7 Å². The molecule has 0 saturated carbocycles. The number of halogens is 3. The summed E-state index contributed by atoms with van der Waals surface area (Å²) in [6.07, 6.45) is -3.86. The molecule has 1 amide bonds. The summed E-state index contributed by atoms with van der Waals surface area (Å²) in [4.78, 5) is 16.2. The van der Waals surface area contributed by atoms with Gasteiger partial charge in [0.05, 0.1) is 17.9 Å². The summed E-state index contributed by atoms with van der Waals surface area (Å²) in [6.45, 7) is 0.804. The van der Waals surface area contributed by atoms with Gasteiger partial charge in [0, 0.05) is 31.0 Å². The standard InChI is InChI=1S/C15H15F3N2O2S/c1-22-8-13-20-12(9-23-13)6-7-19-14(21)10-2-4-11(5-3-10)15(16,17)18/h2-5,9H,6-8H2,1H3,(H,19,21). The second kappa shape index (κ2) is 7.56. The molecule has 0 fully saturated rings. The number of alkyl halides is 3. The Hall–Kier alpha value is -1.93. The zero-order valence-electron chi connectivity index (χ0n) is 12.3. The monoisotopic (exact) mass is 344 g/mol. The van der Waals surface area contributed by atoms with Crippen molar-refractivity contribution in [3.05, 3.63) is 51.5 Å². The van der Waals surface area contributed by atoms with Crippen molar-refractivity contribution in [2.45, 2.75) is 19.2 Å². The fraction of sp³-hybridized carbons (Fsp3) is 0.333. The molecule has 0 saturated heterocycles. The van der Waals surface area contributed by atoms with Gasteiger partial charge in [-0.2, -0.15) is 13.2 Å². The number of ether oxygens (including phenoxy) is 1. The van der Waals surface area contributed by atoms with Gasteiger partial charge >= 0.3 is 6.18 Å². The maximum atomic E-state index is 12.5. The molecule has 0 bridgehead atoms. The van der Waals surface area contributed by atoms with E-state index in [1.807, 2.05) is 5.38 Å². The highest BCUT2D eigenvalue weighted by molar-refractivity contribution is 7.09. The van der Waals surface area contributed by atoms with Crippen LogP contribution in [0.2, 0.25) is 0 Å². The maximum absolute atomic E-state index is 12.5. The van der Waals surface area contributed by atoms with Gasteiger partial charge in [-0.1, -0.05) is 0 Å². The molecule has 1 heterocycles. The molecular formula is C15H15F3N2O2S. The Balaban J connectivity index is 1.84. The lowest BCUT2D eigenvalue weighted by Gasteiger charge is -2.08. The van der Waals surface area contributed by atoms with E-state index in [1.165, 1.54) is 11.3 Å². The summed E-state index contributed by atoms with van der Waals surface area (Å²) >= 11 is 1.48. The number of carbonyl (C=O) groups is 1. The van der Waals surface area contributed by atoms with Crippen molar-refractivity contribution in [3.63, 3.8) is 0 Å². The third kappa shape index (κ3) is 5.04. The smallest absolute Gasteiger partial charge is 0.378 e. The van der Waals surface area contributed by atoms with E-state index in [-0.39, 0.29) is 5.56 Å². The topological polar surface area (TPSA) is 51.2 Å². The van der Waals surface area contributed by atoms with Crippen LogP contribution in [-0.2, 0) is 23.9 Å². The summed E-state index contributed by atoms with van der Waals surface area (Å²) in [5, 5.41) is 5.41. The molecule has 1 aromatic heterocycles. The highest BCUT2D eigenvalue weighted by Gasteiger charge is 2.30. The molecule has 0 aliphatic carbocycles. The van der Waals surface area contributed by atoms with Crippen LogP contribution in [0.5, 0.6) is 0 Å². The molecule has 124 valence electrons. The van der Waals surface area contributed by atoms with Crippen LogP contribution >= 0.6 is 11.3 Å². The van der Waals surface area contributed by atoms with E-state index in [1.54, 1.807) is 7.11 Å². The molecule has 0 aliphatic rings. The van der Waals surface area contributed by atoms with Crippen LogP contribution in [0.25, 0.3) is 0 Å². The molecule has 2 rings (SSSR count). The minimum absolute atomic E-state index is 0.191. The predicted octanol–water partition coefficient (Wildman–Crippen LogP) is 3.28. The van der Waals surface area contributed by atoms with Crippen molar-refractivity contribution in [1.82, 2.24) is 10.3 Å². The summed E-state index contributed by atoms with van der Waals surface area (Å²) in [6, 6.07) is 4.12. The quantitative estimate of drug-likeness (QED) is 0.875. The Bertz CT molecular complexity index is 653. The van der Waals surface area contributed by atoms with E-state index in [0.29, 0.717) is 19.6 Å². The Kier molecular flexibility index (Phi) is 5.73. The van der Waals surface area contributed by atoms with Gasteiger partial charge in [0.2, 0.25) is 0 Å². The molecule has 1 aromatic carbocycles. The average Bonchev–Trinajstić information content (AvgIpc) is 2.94. The highest BCUT2D eigenvalue weighted by Crippen LogP contribution is 2.29. The lowest BCUT2D eigenvalue weighted by Crippen LogP contribution is -2.25. The van der Waals surface area contributed by atoms with E-state index < -0.39 is 17.6 Å². The summed E-state index contributed by atoms with van der Waals surface area (Å²) in [7, 11) is 1.59. The van der Waals surface area contributed by atoms with E-state index in [0.717, 1.165) is 35.0 Å². The van der Waals surface area contributed by atoms with E-state index in [4.69, 9.17) is 4.74 Å². The molecule has 2 aromatic rings. The van der Waals surface area contributed by atoms with Crippen LogP contribution in [0, 0.1) is 0 Å². The molecule has 4 nitrogen and oxygen atoms in total. The van der Waals surface area contributed by atoms with E-state index in [2.05, 4.69) is 10.3 Å². The van der Waals surface area contributed by atoms with Crippen LogP contribution < -0.4 is 5.32 Å². The third-order valence-electron chi connectivity index (χ3n) is 3.01. The Morgan fingerprint density at radius 3 is 2.61 bits per heavy atom. The van der Waals surface area contributed by atoms with Gasteiger partial charge in [0.15, 0.2) is 0 Å². The number of carbonyl (C=O) groups excluding carboxylic acids is 1. The van der Waals surface area contributed by atoms with Crippen LogP contribution in [0.3, 0.4) is 0 Å². The fourth-order valence-electron chi connectivity index (χ4n) is 1.87. The van der Waals surface area contributed by atoms with Crippen molar-refractivity contribution < 1.29 is 22.7 Å². The molecule has 0 radical (unpaired) electrons. The number of amides is 1. The first kappa shape index (κ1) is 17.4. The maximum Gasteiger partial charge on any atom is 0.416 e. The van der Waals surface area contributed by atoms with Gasteiger partial charge in [-0.15, -0.1) is 11.3 Å². The van der Waals surface area contributed by atoms with Gasteiger partial charge < -0.3 is 10.1 Å². The number of hydrogen-bond donors (Lipinski definition) is 1. The lowest BCUT2D eigenvalue weighted by atomic mass is 10.1. The minimum atomic E-state index is -4.40. The van der Waals surface area contributed by atoms with Gasteiger partial charge in [0.1, 0.15) is 5.01 Å². The van der Waals surface area contributed by atoms with Crippen molar-refractivity contribution in [3.8, 4) is 0 Å². The first-order valence-electron chi connectivity index (χ1n) is 6.78. The van der Waals surface area contributed by atoms with E-state index in [9.17, 15) is 18.0 Å². The first-order valence-corrected chi connectivity index (χ1v) is 7.66. The normalized spacial score (nSPS) is 11.5. The lowest BCUT2D eigenvalue weighted by molar-refractivity contribution is -0.137. The van der Waals surface area contributed by atoms with Crippen LogP contribution in [0.4, 0.5) is 13.2 Å². The Morgan fingerprint density at radius 1 is 1.30 bits per heavy atom. The van der Waals surface area contributed by atoms with Crippen LogP contribution in [0.15, 0.2) is 29.6 Å². The number of benzene rings is 1. The first-order chi connectivity index (χ1) is 10.9. The molecular weight excluding hydrogens is 329 g/mol. The van der Waals surface area contributed by atoms with Crippen LogP contribution in [-0.4, -0.2) is 24.5 Å². The zero-order chi connectivity index (χ0) is 16.9. The zero-order valence-corrected chi connectivity index (χ0v) is 13.1. The average molecular weight is 344 g/mol. The molecule has 0 spiro atoms. The number of nitrogens with zero attached hydrogens (tertiary/aromatic N) is 1. The number of nitrogens with one attached hydrogen (secondary N) is 1. The fourth-order valence-corrected chi connectivity index (χ4v) is 2.67. The van der Waals surface area contributed by atoms with Crippen molar-refractivity contribution in [2.24, 2.45) is 0 Å².